The number of hydrogen-bond donors (Lipinski definition) is 4. The molecule has 4 N–H and O–H groups in total. The van der Waals surface area contributed by atoms with Gasteiger partial charge in [-0.05, 0) is 50.3 Å². The first-order valence-corrected chi connectivity index (χ1v) is 13.6. The zero-order valence-corrected chi connectivity index (χ0v) is 23.1. The summed E-state index contributed by atoms with van der Waals surface area (Å²) in [5.41, 5.74) is 0.506. The highest BCUT2D eigenvalue weighted by Gasteiger charge is 2.35. The number of benzene rings is 1. The van der Waals surface area contributed by atoms with Crippen molar-refractivity contribution in [1.82, 2.24) is 26.4 Å². The van der Waals surface area contributed by atoms with Gasteiger partial charge >= 0.3 is 6.09 Å². The number of hydrogen-bond acceptors (Lipinski definition) is 8. The number of aryl methyl sites for hydroxylation is 1. The largest absolute Gasteiger partial charge is 0.429 e. The van der Waals surface area contributed by atoms with E-state index >= 15 is 0 Å². The third-order valence-electron chi connectivity index (χ3n) is 6.63. The van der Waals surface area contributed by atoms with Crippen LogP contribution in [-0.4, -0.2) is 60.2 Å². The Morgan fingerprint density at radius 2 is 2.02 bits per heavy atom. The van der Waals surface area contributed by atoms with Crippen molar-refractivity contribution in [2.24, 2.45) is 5.92 Å². The molecule has 1 aliphatic rings. The molecule has 1 aromatic heterocycles. The van der Waals surface area contributed by atoms with Crippen LogP contribution >= 0.6 is 0 Å². The molecule has 0 aliphatic carbocycles. The Morgan fingerprint density at radius 3 is 2.66 bits per heavy atom. The van der Waals surface area contributed by atoms with E-state index in [4.69, 9.17) is 9.26 Å². The molecule has 0 bridgehead atoms. The molecule has 2 aromatic rings. The van der Waals surface area contributed by atoms with Gasteiger partial charge in [-0.15, -0.1) is 0 Å². The van der Waals surface area contributed by atoms with Crippen LogP contribution in [0.1, 0.15) is 60.8 Å². The second-order valence-corrected chi connectivity index (χ2v) is 9.90. The lowest BCUT2D eigenvalue weighted by atomic mass is 9.89. The fourth-order valence-corrected chi connectivity index (χ4v) is 4.40. The van der Waals surface area contributed by atoms with Crippen LogP contribution < -0.4 is 21.3 Å². The van der Waals surface area contributed by atoms with Crippen molar-refractivity contribution in [1.29, 1.82) is 5.26 Å². The van der Waals surface area contributed by atoms with Gasteiger partial charge in [0.25, 0.3) is 5.91 Å². The minimum absolute atomic E-state index is 0.0255. The van der Waals surface area contributed by atoms with Crippen LogP contribution in [0.3, 0.4) is 0 Å². The van der Waals surface area contributed by atoms with Crippen LogP contribution in [0.4, 0.5) is 9.18 Å². The van der Waals surface area contributed by atoms with Gasteiger partial charge in [0, 0.05) is 31.5 Å². The quantitative estimate of drug-likeness (QED) is 0.265. The lowest BCUT2D eigenvalue weighted by Crippen LogP contribution is -2.55. The first-order valence-electron chi connectivity index (χ1n) is 13.6. The molecule has 1 aromatic carbocycles. The van der Waals surface area contributed by atoms with Crippen LogP contribution in [0.5, 0.6) is 0 Å². The van der Waals surface area contributed by atoms with E-state index in [1.54, 1.807) is 6.92 Å². The predicted octanol–water partition coefficient (Wildman–Crippen LogP) is 2.28. The van der Waals surface area contributed by atoms with E-state index in [2.05, 4.69) is 26.4 Å². The van der Waals surface area contributed by atoms with Crippen LogP contribution in [0.15, 0.2) is 34.9 Å². The minimum atomic E-state index is -1.42. The molecule has 12 nitrogen and oxygen atoms in total. The Balaban J connectivity index is 1.83. The molecule has 0 radical (unpaired) electrons. The lowest BCUT2D eigenvalue weighted by molar-refractivity contribution is -0.129. The summed E-state index contributed by atoms with van der Waals surface area (Å²) in [5.74, 6) is -2.20. The average molecular weight is 571 g/mol. The number of ether oxygens (including phenoxy) is 1. The Morgan fingerprint density at radius 1 is 1.27 bits per heavy atom. The monoisotopic (exact) mass is 570 g/mol. The second kappa shape index (κ2) is 15.4. The van der Waals surface area contributed by atoms with Gasteiger partial charge in [-0.25, -0.2) is 9.18 Å². The van der Waals surface area contributed by atoms with Crippen molar-refractivity contribution >= 4 is 23.8 Å². The molecule has 4 amide bonds. The zero-order chi connectivity index (χ0) is 29.8. The number of carbonyl (C=O) groups is 4. The molecule has 41 heavy (non-hydrogen) atoms. The summed E-state index contributed by atoms with van der Waals surface area (Å²) in [6.07, 6.45) is 0.550. The van der Waals surface area contributed by atoms with Gasteiger partial charge in [-0.3, -0.25) is 14.4 Å². The van der Waals surface area contributed by atoms with Gasteiger partial charge in [0.15, 0.2) is 5.69 Å². The number of unbranched alkanes of at least 4 members (excludes halogenated alkanes) is 1. The molecule has 1 fully saturated rings. The zero-order valence-electron chi connectivity index (χ0n) is 23.1. The SMILES string of the molecule is CCCCNC(=O)O[C@@H](C#N)[C@H](C[C@@H]1CCCNC1=O)NC(=O)[C@H](Cc1ccc(F)cc1)NC(=O)c1cc(C)on1. The molecule has 0 spiro atoms. The summed E-state index contributed by atoms with van der Waals surface area (Å²) >= 11 is 0. The van der Waals surface area contributed by atoms with E-state index in [-0.39, 0.29) is 24.4 Å². The normalized spacial score (nSPS) is 16.8. The maximum atomic E-state index is 13.6. The number of nitrogens with zero attached hydrogens (tertiary/aromatic N) is 2. The van der Waals surface area contributed by atoms with Crippen molar-refractivity contribution in [3.05, 3.63) is 53.2 Å². The summed E-state index contributed by atoms with van der Waals surface area (Å²) in [4.78, 5) is 51.4. The summed E-state index contributed by atoms with van der Waals surface area (Å²) in [6.45, 7) is 4.44. The molecule has 1 aliphatic heterocycles. The van der Waals surface area contributed by atoms with Crippen molar-refractivity contribution in [3.63, 3.8) is 0 Å². The molecule has 2 heterocycles. The summed E-state index contributed by atoms with van der Waals surface area (Å²) in [5, 5.41) is 24.2. The first kappa shape index (κ1) is 31.1. The van der Waals surface area contributed by atoms with Gasteiger partial charge in [0.1, 0.15) is 23.7 Å². The van der Waals surface area contributed by atoms with Crippen LogP contribution in [-0.2, 0) is 20.7 Å². The highest BCUT2D eigenvalue weighted by molar-refractivity contribution is 5.96. The second-order valence-electron chi connectivity index (χ2n) is 9.90. The third kappa shape index (κ3) is 9.59. The number of amides is 4. The van der Waals surface area contributed by atoms with E-state index in [0.29, 0.717) is 43.7 Å². The first-order chi connectivity index (χ1) is 19.7. The van der Waals surface area contributed by atoms with Crippen molar-refractivity contribution in [2.45, 2.75) is 70.6 Å². The minimum Gasteiger partial charge on any atom is -0.429 e. The van der Waals surface area contributed by atoms with E-state index in [1.165, 1.54) is 30.3 Å². The number of aromatic nitrogens is 1. The van der Waals surface area contributed by atoms with Gasteiger partial charge in [-0.1, -0.05) is 30.6 Å². The fraction of sp³-hybridized carbons (Fsp3) is 0.500. The molecule has 0 saturated carbocycles. The van der Waals surface area contributed by atoms with Crippen molar-refractivity contribution < 1.29 is 32.8 Å². The van der Waals surface area contributed by atoms with Crippen molar-refractivity contribution in [3.8, 4) is 6.07 Å². The maximum Gasteiger partial charge on any atom is 0.408 e. The van der Waals surface area contributed by atoms with Gasteiger partial charge in [0.05, 0.1) is 6.04 Å². The number of halogens is 1. The van der Waals surface area contributed by atoms with Crippen molar-refractivity contribution in [2.75, 3.05) is 13.1 Å². The standard InChI is InChI=1S/C28H35FN6O6/c1-3-4-11-32-28(39)40-24(16-30)21(15-19-6-5-12-31-25(19)36)33-26(37)22(14-18-7-9-20(29)10-8-18)34-27(38)23-13-17(2)41-35-23/h7-10,13,19,21-22,24H,3-6,11-12,14-15H2,1-2H3,(H,31,36)(H,32,39)(H,33,37)(H,34,38)/t19-,21-,22-,24-/m0/s1. The molecule has 4 atom stereocenters. The Labute approximate surface area is 237 Å². The Hall–Kier alpha value is -4.47. The summed E-state index contributed by atoms with van der Waals surface area (Å²) < 4.78 is 23.8. The molecular formula is C28H35FN6O6. The molecule has 1 saturated heterocycles. The highest BCUT2D eigenvalue weighted by Crippen LogP contribution is 2.20. The third-order valence-corrected chi connectivity index (χ3v) is 6.63. The lowest BCUT2D eigenvalue weighted by Gasteiger charge is -2.30. The van der Waals surface area contributed by atoms with Crippen LogP contribution in [0.2, 0.25) is 0 Å². The van der Waals surface area contributed by atoms with Crippen LogP contribution in [0.25, 0.3) is 0 Å². The average Bonchev–Trinajstić information content (AvgIpc) is 3.39. The molecule has 220 valence electrons. The molecule has 0 unspecified atom stereocenters. The number of carbonyl (C=O) groups excluding carboxylic acids is 4. The number of alkyl carbamates (subject to hydrolysis) is 1. The predicted molar refractivity (Wildman–Crippen MR) is 144 cm³/mol. The number of nitrogens with one attached hydrogen (secondary N) is 4. The maximum absolute atomic E-state index is 13.6. The summed E-state index contributed by atoms with van der Waals surface area (Å²) in [6, 6.07) is 6.48. The number of piperidine rings is 1. The highest BCUT2D eigenvalue weighted by atomic mass is 19.1. The number of nitriles is 1. The van der Waals surface area contributed by atoms with E-state index in [1.807, 2.05) is 13.0 Å². The van der Waals surface area contributed by atoms with Gasteiger partial charge in [0.2, 0.25) is 17.9 Å². The van der Waals surface area contributed by atoms with Crippen LogP contribution in [0, 0.1) is 30.0 Å². The topological polar surface area (TPSA) is 175 Å². The van der Waals surface area contributed by atoms with Gasteiger partial charge in [-0.2, -0.15) is 5.26 Å². The van der Waals surface area contributed by atoms with E-state index in [0.717, 1.165) is 6.42 Å². The van der Waals surface area contributed by atoms with Gasteiger partial charge < -0.3 is 30.5 Å². The fourth-order valence-electron chi connectivity index (χ4n) is 4.40. The Kier molecular flexibility index (Phi) is 11.6. The molecule has 13 heteroatoms. The Bertz CT molecular complexity index is 1240. The smallest absolute Gasteiger partial charge is 0.408 e. The molecular weight excluding hydrogens is 535 g/mol. The van der Waals surface area contributed by atoms with E-state index < -0.39 is 47.8 Å². The number of rotatable bonds is 13. The molecule has 3 rings (SSSR count). The summed E-state index contributed by atoms with van der Waals surface area (Å²) in [7, 11) is 0. The van der Waals surface area contributed by atoms with E-state index in [9.17, 15) is 28.8 Å².